The predicted octanol–water partition coefficient (Wildman–Crippen LogP) is 1.24. The number of hydrogen-bond donors (Lipinski definition) is 1. The third-order valence-corrected chi connectivity index (χ3v) is 2.44. The number of nitrogens with zero attached hydrogens (tertiary/aromatic N) is 1. The number of β-amino-alcohol motifs (C(OH)–C–C–N with tert-alkyl or cyclic N) is 1. The third-order valence-electron chi connectivity index (χ3n) is 2.44. The Labute approximate surface area is 69.2 Å². The molecule has 0 radical (unpaired) electrons. The molecule has 0 amide bonds. The van der Waals surface area contributed by atoms with E-state index in [0.717, 1.165) is 25.9 Å². The zero-order chi connectivity index (χ0) is 8.48. The van der Waals surface area contributed by atoms with Crippen LogP contribution in [0.1, 0.15) is 33.6 Å². The smallest absolute Gasteiger partial charge is 0.0900 e. The molecule has 0 aromatic carbocycles. The number of aliphatic hydroxyl groups is 1. The van der Waals surface area contributed by atoms with Crippen molar-refractivity contribution in [2.75, 3.05) is 13.1 Å². The molecule has 0 aromatic rings. The second-order valence-corrected chi connectivity index (χ2v) is 3.97. The average molecular weight is 157 g/mol. The number of rotatable bonds is 3. The molecule has 1 aliphatic rings. The van der Waals surface area contributed by atoms with Crippen LogP contribution in [-0.4, -0.2) is 34.7 Å². The van der Waals surface area contributed by atoms with E-state index in [2.05, 4.69) is 25.7 Å². The molecule has 66 valence electrons. The largest absolute Gasteiger partial charge is 0.387 e. The van der Waals surface area contributed by atoms with Gasteiger partial charge in [0.2, 0.25) is 0 Å². The van der Waals surface area contributed by atoms with Crippen LogP contribution in [0.25, 0.3) is 0 Å². The van der Waals surface area contributed by atoms with Crippen LogP contribution in [0.3, 0.4) is 0 Å². The molecule has 0 aliphatic carbocycles. The van der Waals surface area contributed by atoms with Crippen molar-refractivity contribution in [3.63, 3.8) is 0 Å². The third kappa shape index (κ3) is 1.94. The summed E-state index contributed by atoms with van der Waals surface area (Å²) < 4.78 is 0. The van der Waals surface area contributed by atoms with Crippen molar-refractivity contribution < 1.29 is 5.11 Å². The standard InChI is InChI=1S/C9H19NO/c1-4-5-9(11)6-10(7-9)8(2)3/h8,11H,4-7H2,1-3H3. The predicted molar refractivity (Wildman–Crippen MR) is 46.6 cm³/mol. The zero-order valence-corrected chi connectivity index (χ0v) is 7.80. The summed E-state index contributed by atoms with van der Waals surface area (Å²) in [5.74, 6) is 0. The fourth-order valence-corrected chi connectivity index (χ4v) is 1.70. The second-order valence-electron chi connectivity index (χ2n) is 3.97. The van der Waals surface area contributed by atoms with E-state index in [9.17, 15) is 5.11 Å². The average Bonchev–Trinajstić information content (AvgIpc) is 1.82. The van der Waals surface area contributed by atoms with Crippen molar-refractivity contribution in [2.45, 2.75) is 45.3 Å². The molecule has 2 heteroatoms. The van der Waals surface area contributed by atoms with Crippen molar-refractivity contribution in [1.82, 2.24) is 4.90 Å². The Morgan fingerprint density at radius 3 is 2.36 bits per heavy atom. The minimum absolute atomic E-state index is 0.348. The maximum Gasteiger partial charge on any atom is 0.0900 e. The molecule has 1 rings (SSSR count). The van der Waals surface area contributed by atoms with Crippen molar-refractivity contribution >= 4 is 0 Å². The molecule has 0 saturated carbocycles. The zero-order valence-electron chi connectivity index (χ0n) is 7.80. The molecular formula is C9H19NO. The topological polar surface area (TPSA) is 23.5 Å². The summed E-state index contributed by atoms with van der Waals surface area (Å²) in [5, 5.41) is 9.79. The molecule has 2 nitrogen and oxygen atoms in total. The summed E-state index contributed by atoms with van der Waals surface area (Å²) in [6, 6.07) is 0.590. The lowest BCUT2D eigenvalue weighted by Gasteiger charge is -2.48. The van der Waals surface area contributed by atoms with Gasteiger partial charge < -0.3 is 5.11 Å². The lowest BCUT2D eigenvalue weighted by Crippen LogP contribution is -2.63. The van der Waals surface area contributed by atoms with E-state index in [1.54, 1.807) is 0 Å². The Morgan fingerprint density at radius 2 is 2.00 bits per heavy atom. The van der Waals surface area contributed by atoms with Crippen LogP contribution in [0.15, 0.2) is 0 Å². The van der Waals surface area contributed by atoms with Crippen molar-refractivity contribution in [3.05, 3.63) is 0 Å². The monoisotopic (exact) mass is 157 g/mol. The Kier molecular flexibility index (Phi) is 2.55. The Hall–Kier alpha value is -0.0800. The maximum atomic E-state index is 9.79. The highest BCUT2D eigenvalue weighted by Gasteiger charge is 2.40. The quantitative estimate of drug-likeness (QED) is 0.666. The first-order valence-corrected chi connectivity index (χ1v) is 4.54. The minimum Gasteiger partial charge on any atom is -0.387 e. The van der Waals surface area contributed by atoms with Crippen molar-refractivity contribution in [3.8, 4) is 0 Å². The summed E-state index contributed by atoms with van der Waals surface area (Å²) in [7, 11) is 0. The normalized spacial score (nSPS) is 23.7. The summed E-state index contributed by atoms with van der Waals surface area (Å²) in [4.78, 5) is 2.30. The van der Waals surface area contributed by atoms with Gasteiger partial charge in [-0.05, 0) is 20.3 Å². The number of hydrogen-bond acceptors (Lipinski definition) is 2. The first-order chi connectivity index (χ1) is 5.07. The highest BCUT2D eigenvalue weighted by molar-refractivity contribution is 4.96. The fraction of sp³-hybridized carbons (Fsp3) is 1.00. The highest BCUT2D eigenvalue weighted by Crippen LogP contribution is 2.26. The van der Waals surface area contributed by atoms with E-state index >= 15 is 0 Å². The van der Waals surface area contributed by atoms with Gasteiger partial charge in [-0.3, -0.25) is 4.90 Å². The van der Waals surface area contributed by atoms with Gasteiger partial charge in [0.15, 0.2) is 0 Å². The van der Waals surface area contributed by atoms with E-state index in [4.69, 9.17) is 0 Å². The molecule has 0 aromatic heterocycles. The first-order valence-electron chi connectivity index (χ1n) is 4.54. The maximum absolute atomic E-state index is 9.79. The van der Waals surface area contributed by atoms with Crippen molar-refractivity contribution in [2.24, 2.45) is 0 Å². The van der Waals surface area contributed by atoms with E-state index in [0.29, 0.717) is 6.04 Å². The molecule has 1 aliphatic heterocycles. The highest BCUT2D eigenvalue weighted by atomic mass is 16.3. The molecule has 1 heterocycles. The minimum atomic E-state index is -0.348. The first kappa shape index (κ1) is 9.01. The summed E-state index contributed by atoms with van der Waals surface area (Å²) in [6.07, 6.45) is 2.04. The Morgan fingerprint density at radius 1 is 1.45 bits per heavy atom. The van der Waals surface area contributed by atoms with Gasteiger partial charge in [0.1, 0.15) is 0 Å². The van der Waals surface area contributed by atoms with Crippen LogP contribution < -0.4 is 0 Å². The van der Waals surface area contributed by atoms with E-state index in [1.807, 2.05) is 0 Å². The lowest BCUT2D eigenvalue weighted by atomic mass is 9.88. The summed E-state index contributed by atoms with van der Waals surface area (Å²) in [5.41, 5.74) is -0.348. The van der Waals surface area contributed by atoms with Crippen LogP contribution in [0.4, 0.5) is 0 Å². The van der Waals surface area contributed by atoms with Crippen LogP contribution >= 0.6 is 0 Å². The van der Waals surface area contributed by atoms with Crippen LogP contribution in [0, 0.1) is 0 Å². The van der Waals surface area contributed by atoms with Crippen molar-refractivity contribution in [1.29, 1.82) is 0 Å². The van der Waals surface area contributed by atoms with Crippen LogP contribution in [-0.2, 0) is 0 Å². The fourth-order valence-electron chi connectivity index (χ4n) is 1.70. The van der Waals surface area contributed by atoms with Gasteiger partial charge in [-0.1, -0.05) is 13.3 Å². The number of likely N-dealkylation sites (tertiary alicyclic amines) is 1. The molecule has 1 fully saturated rings. The van der Waals surface area contributed by atoms with Gasteiger partial charge in [-0.2, -0.15) is 0 Å². The molecule has 0 atom stereocenters. The van der Waals surface area contributed by atoms with Gasteiger partial charge in [0, 0.05) is 19.1 Å². The molecule has 0 bridgehead atoms. The Bertz CT molecular complexity index is 128. The second kappa shape index (κ2) is 3.11. The van der Waals surface area contributed by atoms with E-state index in [1.165, 1.54) is 0 Å². The molecular weight excluding hydrogens is 138 g/mol. The summed E-state index contributed by atoms with van der Waals surface area (Å²) in [6.45, 7) is 8.21. The van der Waals surface area contributed by atoms with Gasteiger partial charge in [0.05, 0.1) is 5.60 Å². The Balaban J connectivity index is 2.26. The SMILES string of the molecule is CCCC1(O)CN(C(C)C)C1. The van der Waals surface area contributed by atoms with E-state index < -0.39 is 0 Å². The van der Waals surface area contributed by atoms with Crippen LogP contribution in [0.2, 0.25) is 0 Å². The van der Waals surface area contributed by atoms with Gasteiger partial charge >= 0.3 is 0 Å². The van der Waals surface area contributed by atoms with Crippen LogP contribution in [0.5, 0.6) is 0 Å². The molecule has 0 unspecified atom stereocenters. The molecule has 1 N–H and O–H groups in total. The molecule has 11 heavy (non-hydrogen) atoms. The van der Waals surface area contributed by atoms with Gasteiger partial charge in [0.25, 0.3) is 0 Å². The van der Waals surface area contributed by atoms with E-state index in [-0.39, 0.29) is 5.60 Å². The molecule has 0 spiro atoms. The summed E-state index contributed by atoms with van der Waals surface area (Å²) >= 11 is 0. The van der Waals surface area contributed by atoms with Gasteiger partial charge in [-0.15, -0.1) is 0 Å². The lowest BCUT2D eigenvalue weighted by molar-refractivity contribution is -0.114. The van der Waals surface area contributed by atoms with Gasteiger partial charge in [-0.25, -0.2) is 0 Å². The molecule has 1 saturated heterocycles.